The van der Waals surface area contributed by atoms with Gasteiger partial charge in [-0.3, -0.25) is 0 Å². The van der Waals surface area contributed by atoms with Crippen molar-refractivity contribution in [1.29, 1.82) is 0 Å². The predicted molar refractivity (Wildman–Crippen MR) is 54.5 cm³/mol. The van der Waals surface area contributed by atoms with Crippen molar-refractivity contribution < 1.29 is 14.3 Å². The van der Waals surface area contributed by atoms with Gasteiger partial charge in [0.25, 0.3) is 0 Å². The van der Waals surface area contributed by atoms with Gasteiger partial charge in [0.2, 0.25) is 5.89 Å². The molecule has 2 unspecified atom stereocenters. The van der Waals surface area contributed by atoms with E-state index in [1.807, 2.05) is 6.92 Å². The summed E-state index contributed by atoms with van der Waals surface area (Å²) >= 11 is 0. The predicted octanol–water partition coefficient (Wildman–Crippen LogP) is 2.01. The molecule has 0 spiro atoms. The van der Waals surface area contributed by atoms with Crippen molar-refractivity contribution >= 4 is 0 Å². The molecule has 1 aromatic rings. The average Bonchev–Trinajstić information content (AvgIpc) is 2.78. The molecule has 0 aliphatic carbocycles. The minimum Gasteiger partial charge on any atom is -0.446 e. The summed E-state index contributed by atoms with van der Waals surface area (Å²) in [5, 5.41) is 8.99. The Morgan fingerprint density at radius 2 is 2.47 bits per heavy atom. The van der Waals surface area contributed by atoms with Crippen molar-refractivity contribution in [2.45, 2.75) is 38.2 Å². The van der Waals surface area contributed by atoms with E-state index in [0.717, 1.165) is 31.6 Å². The van der Waals surface area contributed by atoms with Crippen molar-refractivity contribution in [3.05, 3.63) is 17.8 Å². The highest BCUT2D eigenvalue weighted by molar-refractivity contribution is 5.04. The lowest BCUT2D eigenvalue weighted by Crippen LogP contribution is -2.12. The zero-order valence-corrected chi connectivity index (χ0v) is 8.98. The van der Waals surface area contributed by atoms with Crippen molar-refractivity contribution in [3.8, 4) is 0 Å². The molecular formula is C11H17NO3. The van der Waals surface area contributed by atoms with Crippen LogP contribution in [0.25, 0.3) is 0 Å². The molecule has 0 bridgehead atoms. The van der Waals surface area contributed by atoms with E-state index < -0.39 is 0 Å². The Balaban J connectivity index is 2.05. The van der Waals surface area contributed by atoms with Gasteiger partial charge in [-0.15, -0.1) is 0 Å². The molecule has 0 amide bonds. The molecule has 4 nitrogen and oxygen atoms in total. The van der Waals surface area contributed by atoms with Crippen molar-refractivity contribution in [2.75, 3.05) is 13.2 Å². The van der Waals surface area contributed by atoms with Crippen LogP contribution >= 0.6 is 0 Å². The van der Waals surface area contributed by atoms with Gasteiger partial charge in [0.05, 0.1) is 12.3 Å². The number of oxazole rings is 1. The molecule has 0 saturated carbocycles. The number of aliphatic hydroxyl groups excluding tert-OH is 1. The van der Waals surface area contributed by atoms with Crippen LogP contribution in [0.1, 0.15) is 49.8 Å². The molecule has 0 aromatic carbocycles. The average molecular weight is 211 g/mol. The van der Waals surface area contributed by atoms with Gasteiger partial charge in [-0.1, -0.05) is 6.92 Å². The third-order valence-electron chi connectivity index (χ3n) is 2.77. The second kappa shape index (κ2) is 4.77. The molecule has 1 aromatic heterocycles. The summed E-state index contributed by atoms with van der Waals surface area (Å²) in [5.41, 5.74) is 0.807. The van der Waals surface area contributed by atoms with Gasteiger partial charge in [0.1, 0.15) is 12.4 Å². The smallest absolute Gasteiger partial charge is 0.223 e. The summed E-state index contributed by atoms with van der Waals surface area (Å²) in [4.78, 5) is 4.35. The number of hydrogen-bond acceptors (Lipinski definition) is 4. The van der Waals surface area contributed by atoms with Gasteiger partial charge in [-0.25, -0.2) is 4.98 Å². The molecule has 15 heavy (non-hydrogen) atoms. The summed E-state index contributed by atoms with van der Waals surface area (Å²) in [6.45, 7) is 2.80. The molecule has 1 fully saturated rings. The Hall–Kier alpha value is -0.870. The van der Waals surface area contributed by atoms with E-state index in [2.05, 4.69) is 4.98 Å². The highest BCUT2D eigenvalue weighted by atomic mass is 16.5. The normalized spacial score (nSPS) is 24.0. The van der Waals surface area contributed by atoms with Gasteiger partial charge in [-0.05, 0) is 19.3 Å². The maximum Gasteiger partial charge on any atom is 0.223 e. The molecule has 0 radical (unpaired) electrons. The van der Waals surface area contributed by atoms with E-state index in [1.54, 1.807) is 6.26 Å². The topological polar surface area (TPSA) is 55.5 Å². The fourth-order valence-corrected chi connectivity index (χ4v) is 1.70. The van der Waals surface area contributed by atoms with Crippen LogP contribution in [0, 0.1) is 0 Å². The lowest BCUT2D eigenvalue weighted by Gasteiger charge is -2.19. The molecule has 2 atom stereocenters. The van der Waals surface area contributed by atoms with E-state index in [9.17, 15) is 0 Å². The molecule has 2 heterocycles. The van der Waals surface area contributed by atoms with Crippen LogP contribution in [0.3, 0.4) is 0 Å². The molecule has 2 rings (SSSR count). The first-order chi connectivity index (χ1) is 7.31. The first-order valence-corrected chi connectivity index (χ1v) is 5.49. The lowest BCUT2D eigenvalue weighted by molar-refractivity contribution is -0.00150. The quantitative estimate of drug-likeness (QED) is 0.831. The van der Waals surface area contributed by atoms with E-state index in [4.69, 9.17) is 14.3 Å². The van der Waals surface area contributed by atoms with Crippen molar-refractivity contribution in [1.82, 2.24) is 4.98 Å². The summed E-state index contributed by atoms with van der Waals surface area (Å²) < 4.78 is 11.0. The third-order valence-corrected chi connectivity index (χ3v) is 2.77. The summed E-state index contributed by atoms with van der Waals surface area (Å²) in [6.07, 6.45) is 4.90. The standard InChI is InChI=1S/C11H17NO3/c1-8(6-13)9-7-15-11(12-9)10-4-2-3-5-14-10/h7-8,10,13H,2-6H2,1H3. The number of hydrogen-bond donors (Lipinski definition) is 1. The number of ether oxygens (including phenoxy) is 1. The summed E-state index contributed by atoms with van der Waals surface area (Å²) in [7, 11) is 0. The van der Waals surface area contributed by atoms with E-state index in [-0.39, 0.29) is 18.6 Å². The zero-order valence-electron chi connectivity index (χ0n) is 8.98. The molecule has 1 saturated heterocycles. The first kappa shape index (κ1) is 10.6. The number of aliphatic hydroxyl groups is 1. The van der Waals surface area contributed by atoms with Gasteiger partial charge in [-0.2, -0.15) is 0 Å². The Labute approximate surface area is 89.3 Å². The summed E-state index contributed by atoms with van der Waals surface area (Å²) in [6, 6.07) is 0. The molecular weight excluding hydrogens is 194 g/mol. The molecule has 1 aliphatic heterocycles. The molecule has 1 aliphatic rings. The monoisotopic (exact) mass is 211 g/mol. The first-order valence-electron chi connectivity index (χ1n) is 5.49. The maximum atomic E-state index is 8.99. The van der Waals surface area contributed by atoms with Crippen LogP contribution in [-0.4, -0.2) is 23.3 Å². The van der Waals surface area contributed by atoms with Crippen LogP contribution in [0.5, 0.6) is 0 Å². The van der Waals surface area contributed by atoms with Gasteiger partial charge in [0, 0.05) is 12.5 Å². The van der Waals surface area contributed by atoms with Crippen molar-refractivity contribution in [2.24, 2.45) is 0 Å². The van der Waals surface area contributed by atoms with Crippen LogP contribution < -0.4 is 0 Å². The third kappa shape index (κ3) is 2.38. The van der Waals surface area contributed by atoms with Crippen LogP contribution in [0.2, 0.25) is 0 Å². The van der Waals surface area contributed by atoms with Crippen LogP contribution in [0.15, 0.2) is 10.7 Å². The largest absolute Gasteiger partial charge is 0.446 e. The van der Waals surface area contributed by atoms with E-state index in [0.29, 0.717) is 5.89 Å². The van der Waals surface area contributed by atoms with E-state index >= 15 is 0 Å². The molecule has 84 valence electrons. The highest BCUT2D eigenvalue weighted by Gasteiger charge is 2.22. The lowest BCUT2D eigenvalue weighted by atomic mass is 10.1. The number of nitrogens with zero attached hydrogens (tertiary/aromatic N) is 1. The fourth-order valence-electron chi connectivity index (χ4n) is 1.70. The number of rotatable bonds is 3. The zero-order chi connectivity index (χ0) is 10.7. The minimum atomic E-state index is 0.0124. The van der Waals surface area contributed by atoms with Gasteiger partial charge >= 0.3 is 0 Å². The summed E-state index contributed by atoms with van der Waals surface area (Å²) in [5.74, 6) is 0.691. The molecule has 1 N–H and O–H groups in total. The Morgan fingerprint density at radius 3 is 3.13 bits per heavy atom. The van der Waals surface area contributed by atoms with Gasteiger partial charge < -0.3 is 14.3 Å². The SMILES string of the molecule is CC(CO)c1coc(C2CCCCO2)n1. The highest BCUT2D eigenvalue weighted by Crippen LogP contribution is 2.28. The Morgan fingerprint density at radius 1 is 1.60 bits per heavy atom. The van der Waals surface area contributed by atoms with E-state index in [1.165, 1.54) is 0 Å². The van der Waals surface area contributed by atoms with Crippen LogP contribution in [-0.2, 0) is 4.74 Å². The maximum absolute atomic E-state index is 8.99. The molecule has 4 heteroatoms. The Bertz CT molecular complexity index is 305. The Kier molecular flexibility index (Phi) is 3.38. The van der Waals surface area contributed by atoms with Crippen molar-refractivity contribution in [3.63, 3.8) is 0 Å². The second-order valence-corrected chi connectivity index (χ2v) is 4.05. The minimum absolute atomic E-state index is 0.0124. The number of aromatic nitrogens is 1. The van der Waals surface area contributed by atoms with Gasteiger partial charge in [0.15, 0.2) is 0 Å². The second-order valence-electron chi connectivity index (χ2n) is 4.05. The van der Waals surface area contributed by atoms with Crippen LogP contribution in [0.4, 0.5) is 0 Å². The fraction of sp³-hybridized carbons (Fsp3) is 0.727.